The van der Waals surface area contributed by atoms with Crippen molar-refractivity contribution in [2.45, 2.75) is 31.7 Å². The van der Waals surface area contributed by atoms with Crippen molar-refractivity contribution < 1.29 is 12.9 Å². The van der Waals surface area contributed by atoms with Crippen LogP contribution >= 0.6 is 11.6 Å². The van der Waals surface area contributed by atoms with Gasteiger partial charge in [-0.3, -0.25) is 0 Å². The van der Waals surface area contributed by atoms with Crippen molar-refractivity contribution in [3.05, 3.63) is 29.3 Å². The summed E-state index contributed by atoms with van der Waals surface area (Å²) < 4.78 is 30.2. The number of halogens is 1. The fourth-order valence-corrected chi connectivity index (χ4v) is 3.75. The van der Waals surface area contributed by atoms with Gasteiger partial charge in [-0.15, -0.1) is 0 Å². The molecule has 1 heterocycles. The van der Waals surface area contributed by atoms with Gasteiger partial charge in [0.2, 0.25) is 15.8 Å². The molecule has 7 nitrogen and oxygen atoms in total. The number of hydrogen-bond donors (Lipinski definition) is 2. The number of hydrogen-bond acceptors (Lipinski definition) is 6. The summed E-state index contributed by atoms with van der Waals surface area (Å²) in [6.45, 7) is 0.503. The highest BCUT2D eigenvalue weighted by molar-refractivity contribution is 7.88. The first-order valence-electron chi connectivity index (χ1n) is 8.20. The van der Waals surface area contributed by atoms with Gasteiger partial charge in [0, 0.05) is 18.2 Å². The van der Waals surface area contributed by atoms with Crippen molar-refractivity contribution in [2.75, 3.05) is 18.1 Å². The fraction of sp³-hybridized carbons (Fsp3) is 0.500. The Morgan fingerprint density at radius 1 is 1.24 bits per heavy atom. The molecule has 0 unspecified atom stereocenters. The standard InChI is InChI=1S/C16H21ClN4O3S/c1-25(22,23)18-10-11-6-8-12(9-7-11)19-16-20-15(21-24-16)13-4-2-3-5-14(13)17/h2-5,11-12,18H,6-10H2,1H3,(H,19,20,21). The number of nitrogens with one attached hydrogen (secondary N) is 2. The lowest BCUT2D eigenvalue weighted by Gasteiger charge is -2.28. The molecule has 1 aliphatic rings. The Morgan fingerprint density at radius 3 is 2.64 bits per heavy atom. The summed E-state index contributed by atoms with van der Waals surface area (Å²) in [5.41, 5.74) is 0.733. The maximum atomic E-state index is 11.2. The Morgan fingerprint density at radius 2 is 1.96 bits per heavy atom. The van der Waals surface area contributed by atoms with Crippen LogP contribution in [0.1, 0.15) is 25.7 Å². The van der Waals surface area contributed by atoms with Crippen LogP contribution in [-0.2, 0) is 10.0 Å². The Balaban J connectivity index is 1.52. The predicted molar refractivity (Wildman–Crippen MR) is 97.0 cm³/mol. The number of sulfonamides is 1. The number of benzene rings is 1. The molecule has 1 saturated carbocycles. The third-order valence-electron chi connectivity index (χ3n) is 4.35. The monoisotopic (exact) mass is 384 g/mol. The second kappa shape index (κ2) is 7.72. The molecule has 9 heteroatoms. The molecule has 1 fully saturated rings. The van der Waals surface area contributed by atoms with Gasteiger partial charge in [0.15, 0.2) is 0 Å². The van der Waals surface area contributed by atoms with Crippen molar-refractivity contribution in [3.63, 3.8) is 0 Å². The van der Waals surface area contributed by atoms with E-state index >= 15 is 0 Å². The molecule has 0 radical (unpaired) electrons. The topological polar surface area (TPSA) is 97.1 Å². The molecule has 0 bridgehead atoms. The van der Waals surface area contributed by atoms with E-state index in [0.29, 0.717) is 29.3 Å². The molecule has 3 rings (SSSR count). The molecule has 25 heavy (non-hydrogen) atoms. The van der Waals surface area contributed by atoms with E-state index in [9.17, 15) is 8.42 Å². The summed E-state index contributed by atoms with van der Waals surface area (Å²) in [5, 5.41) is 7.81. The van der Waals surface area contributed by atoms with Crippen molar-refractivity contribution in [1.82, 2.24) is 14.9 Å². The number of anilines is 1. The van der Waals surface area contributed by atoms with Crippen LogP contribution < -0.4 is 10.0 Å². The maximum absolute atomic E-state index is 11.2. The second-order valence-corrected chi connectivity index (χ2v) is 8.63. The van der Waals surface area contributed by atoms with Crippen molar-refractivity contribution in [3.8, 4) is 11.4 Å². The minimum Gasteiger partial charge on any atom is -0.335 e. The highest BCUT2D eigenvalue weighted by atomic mass is 35.5. The minimum atomic E-state index is -3.12. The van der Waals surface area contributed by atoms with Gasteiger partial charge in [-0.05, 0) is 43.7 Å². The maximum Gasteiger partial charge on any atom is 0.322 e. The summed E-state index contributed by atoms with van der Waals surface area (Å²) in [7, 11) is -3.12. The van der Waals surface area contributed by atoms with Gasteiger partial charge in [-0.1, -0.05) is 28.9 Å². The van der Waals surface area contributed by atoms with E-state index in [4.69, 9.17) is 16.1 Å². The molecule has 2 aromatic rings. The molecule has 1 aliphatic carbocycles. The van der Waals surface area contributed by atoms with Gasteiger partial charge in [0.25, 0.3) is 0 Å². The minimum absolute atomic E-state index is 0.244. The predicted octanol–water partition coefficient (Wildman–Crippen LogP) is 2.91. The van der Waals surface area contributed by atoms with Crippen LogP contribution in [-0.4, -0.2) is 37.4 Å². The van der Waals surface area contributed by atoms with Gasteiger partial charge < -0.3 is 9.84 Å². The molecule has 0 atom stereocenters. The lowest BCUT2D eigenvalue weighted by molar-refractivity contribution is 0.330. The van der Waals surface area contributed by atoms with Gasteiger partial charge in [-0.25, -0.2) is 13.1 Å². The van der Waals surface area contributed by atoms with Crippen molar-refractivity contribution in [2.24, 2.45) is 5.92 Å². The number of rotatable bonds is 6. The third-order valence-corrected chi connectivity index (χ3v) is 5.37. The fourth-order valence-electron chi connectivity index (χ4n) is 2.99. The normalized spacial score (nSPS) is 21.2. The van der Waals surface area contributed by atoms with Crippen LogP contribution in [0.2, 0.25) is 5.02 Å². The second-order valence-electron chi connectivity index (χ2n) is 6.39. The quantitative estimate of drug-likeness (QED) is 0.794. The summed E-state index contributed by atoms with van der Waals surface area (Å²) in [5.74, 6) is 0.827. The molecule has 0 spiro atoms. The molecule has 0 aliphatic heterocycles. The lowest BCUT2D eigenvalue weighted by atomic mass is 9.86. The Hall–Kier alpha value is -1.64. The van der Waals surface area contributed by atoms with E-state index in [0.717, 1.165) is 31.2 Å². The van der Waals surface area contributed by atoms with Crippen LogP contribution in [0.25, 0.3) is 11.4 Å². The van der Waals surface area contributed by atoms with Gasteiger partial charge >= 0.3 is 6.01 Å². The van der Waals surface area contributed by atoms with Crippen LogP contribution in [0, 0.1) is 5.92 Å². The molecule has 0 saturated heterocycles. The Labute approximate surface area is 152 Å². The third kappa shape index (κ3) is 5.17. The van der Waals surface area contributed by atoms with Gasteiger partial charge in [-0.2, -0.15) is 4.98 Å². The average molecular weight is 385 g/mol. The van der Waals surface area contributed by atoms with Crippen LogP contribution in [0.5, 0.6) is 0 Å². The van der Waals surface area contributed by atoms with Crippen LogP contribution in [0.4, 0.5) is 6.01 Å². The average Bonchev–Trinajstić information content (AvgIpc) is 3.02. The first kappa shape index (κ1) is 18.2. The van der Waals surface area contributed by atoms with E-state index < -0.39 is 10.0 Å². The van der Waals surface area contributed by atoms with Crippen LogP contribution in [0.3, 0.4) is 0 Å². The van der Waals surface area contributed by atoms with E-state index in [1.165, 1.54) is 6.26 Å². The first-order chi connectivity index (χ1) is 11.9. The smallest absolute Gasteiger partial charge is 0.322 e. The summed E-state index contributed by atoms with van der Waals surface area (Å²) in [4.78, 5) is 4.36. The van der Waals surface area contributed by atoms with Crippen molar-refractivity contribution >= 4 is 27.6 Å². The van der Waals surface area contributed by atoms with Crippen molar-refractivity contribution in [1.29, 1.82) is 0 Å². The highest BCUT2D eigenvalue weighted by Crippen LogP contribution is 2.28. The number of nitrogens with zero attached hydrogens (tertiary/aromatic N) is 2. The van der Waals surface area contributed by atoms with E-state index in [1.807, 2.05) is 18.2 Å². The Kier molecular flexibility index (Phi) is 5.61. The molecular weight excluding hydrogens is 364 g/mol. The Bertz CT molecular complexity index is 816. The molecular formula is C16H21ClN4O3S. The zero-order chi connectivity index (χ0) is 17.9. The van der Waals surface area contributed by atoms with Crippen LogP contribution in [0.15, 0.2) is 28.8 Å². The van der Waals surface area contributed by atoms with Gasteiger partial charge in [0.1, 0.15) is 0 Å². The largest absolute Gasteiger partial charge is 0.335 e. The van der Waals surface area contributed by atoms with E-state index in [2.05, 4.69) is 20.2 Å². The molecule has 2 N–H and O–H groups in total. The van der Waals surface area contributed by atoms with E-state index in [-0.39, 0.29) is 6.04 Å². The summed E-state index contributed by atoms with van der Waals surface area (Å²) in [6.07, 6.45) is 4.95. The summed E-state index contributed by atoms with van der Waals surface area (Å²) >= 11 is 6.15. The molecule has 1 aromatic carbocycles. The van der Waals surface area contributed by atoms with E-state index in [1.54, 1.807) is 6.07 Å². The molecule has 136 valence electrons. The molecule has 0 amide bonds. The first-order valence-corrected chi connectivity index (χ1v) is 10.5. The highest BCUT2D eigenvalue weighted by Gasteiger charge is 2.23. The number of aromatic nitrogens is 2. The SMILES string of the molecule is CS(=O)(=O)NCC1CCC(Nc2nc(-c3ccccc3Cl)no2)CC1. The van der Waals surface area contributed by atoms with Gasteiger partial charge in [0.05, 0.1) is 11.3 Å². The zero-order valence-corrected chi connectivity index (χ0v) is 15.5. The molecule has 1 aromatic heterocycles. The zero-order valence-electron chi connectivity index (χ0n) is 13.9. The lowest BCUT2D eigenvalue weighted by Crippen LogP contribution is -2.33. The summed E-state index contributed by atoms with van der Waals surface area (Å²) in [6, 6.07) is 7.98.